The highest BCUT2D eigenvalue weighted by Gasteiger charge is 2.17. The number of aliphatic hydroxyl groups is 1. The molecule has 0 aromatic carbocycles. The van der Waals surface area contributed by atoms with Crippen molar-refractivity contribution in [2.45, 2.75) is 18.9 Å². The van der Waals surface area contributed by atoms with E-state index in [1.807, 2.05) is 21.1 Å². The molecule has 2 atom stereocenters. The van der Waals surface area contributed by atoms with Crippen molar-refractivity contribution in [2.24, 2.45) is 0 Å². The summed E-state index contributed by atoms with van der Waals surface area (Å²) in [6, 6.07) is 0. The number of esters is 1. The average molecular weight is 357 g/mol. The molecule has 0 amide bonds. The highest BCUT2D eigenvalue weighted by atomic mass is 31.2. The number of carboxylic acids is 1. The summed E-state index contributed by atoms with van der Waals surface area (Å²) in [5, 5.41) is 17.8. The number of likely N-dealkylation sites (N-methyl/N-ethyl adjacent to an activating group) is 1. The lowest BCUT2D eigenvalue weighted by Gasteiger charge is -2.27. The molecule has 0 bridgehead atoms. The van der Waals surface area contributed by atoms with Crippen LogP contribution in [0.15, 0.2) is 0 Å². The molecule has 0 fully saturated rings. The number of hydrogen-bond acceptors (Lipinski definition) is 8. The largest absolute Gasteiger partial charge is 0.756 e. The summed E-state index contributed by atoms with van der Waals surface area (Å²) < 4.78 is 25.6. The molecule has 0 aliphatic rings. The summed E-state index contributed by atoms with van der Waals surface area (Å²) in [6.45, 7) is -0.751. The van der Waals surface area contributed by atoms with Crippen LogP contribution in [0.1, 0.15) is 12.8 Å². The summed E-state index contributed by atoms with van der Waals surface area (Å²) in [4.78, 5) is 32.8. The van der Waals surface area contributed by atoms with Crippen molar-refractivity contribution < 1.29 is 47.5 Å². The Hall–Kier alpha value is -1.03. The minimum Gasteiger partial charge on any atom is -0.756 e. The van der Waals surface area contributed by atoms with Crippen LogP contribution in [-0.4, -0.2) is 80.2 Å². The molecule has 10 nitrogen and oxygen atoms in total. The third kappa shape index (κ3) is 14.3. The fourth-order valence-electron chi connectivity index (χ4n) is 1.16. The normalized spacial score (nSPS) is 15.7. The van der Waals surface area contributed by atoms with Crippen LogP contribution in [0.25, 0.3) is 0 Å². The van der Waals surface area contributed by atoms with E-state index in [0.717, 1.165) is 0 Å². The van der Waals surface area contributed by atoms with Gasteiger partial charge in [0.05, 0.1) is 40.6 Å². The topological polar surface area (TPSA) is 142 Å². The van der Waals surface area contributed by atoms with Gasteiger partial charge in [-0.1, -0.05) is 0 Å². The van der Waals surface area contributed by atoms with Crippen molar-refractivity contribution in [1.82, 2.24) is 0 Å². The Bertz CT molecular complexity index is 435. The molecule has 23 heavy (non-hydrogen) atoms. The molecule has 0 rings (SSSR count). The van der Waals surface area contributed by atoms with E-state index in [1.165, 1.54) is 0 Å². The molecule has 0 spiro atoms. The van der Waals surface area contributed by atoms with Gasteiger partial charge < -0.3 is 33.4 Å². The Morgan fingerprint density at radius 2 is 1.78 bits per heavy atom. The van der Waals surface area contributed by atoms with Crippen LogP contribution in [0, 0.1) is 0 Å². The van der Waals surface area contributed by atoms with Gasteiger partial charge in [0.1, 0.15) is 25.9 Å². The molecule has 2 N–H and O–H groups in total. The number of hydrogen-bond donors (Lipinski definition) is 2. The van der Waals surface area contributed by atoms with E-state index in [-0.39, 0.29) is 19.4 Å². The first-order chi connectivity index (χ1) is 10.4. The monoisotopic (exact) mass is 357 g/mol. The summed E-state index contributed by atoms with van der Waals surface area (Å²) in [7, 11) is 1.05. The SMILES string of the molecule is C[N+](C)(C)CCOP(=O)([O-])OCC(O)COC(=O)CCC(=O)O. The number of carbonyl (C=O) groups excluding carboxylic acids is 1. The van der Waals surface area contributed by atoms with E-state index in [0.29, 0.717) is 11.0 Å². The lowest BCUT2D eigenvalue weighted by atomic mass is 10.3. The van der Waals surface area contributed by atoms with E-state index in [2.05, 4.69) is 13.8 Å². The van der Waals surface area contributed by atoms with Gasteiger partial charge in [0, 0.05) is 0 Å². The molecule has 0 aromatic rings. The molecule has 0 aromatic heterocycles. The quantitative estimate of drug-likeness (QED) is 0.254. The van der Waals surface area contributed by atoms with Crippen molar-refractivity contribution in [3.63, 3.8) is 0 Å². The number of carboxylic acid groups (broad SMARTS) is 1. The maximum atomic E-state index is 11.4. The molecule has 0 saturated heterocycles. The molecular formula is C12H24NO9P. The third-order valence-corrected chi connectivity index (χ3v) is 3.38. The van der Waals surface area contributed by atoms with Crippen molar-refractivity contribution in [1.29, 1.82) is 0 Å². The van der Waals surface area contributed by atoms with Gasteiger partial charge in [-0.25, -0.2) is 0 Å². The number of phosphoric ester groups is 1. The molecule has 136 valence electrons. The first kappa shape index (κ1) is 22.0. The minimum atomic E-state index is -4.54. The maximum absolute atomic E-state index is 11.4. The zero-order valence-corrected chi connectivity index (χ0v) is 14.4. The van der Waals surface area contributed by atoms with Gasteiger partial charge >= 0.3 is 11.9 Å². The van der Waals surface area contributed by atoms with Crippen molar-refractivity contribution in [3.05, 3.63) is 0 Å². The lowest BCUT2D eigenvalue weighted by molar-refractivity contribution is -0.870. The van der Waals surface area contributed by atoms with E-state index in [1.54, 1.807) is 0 Å². The fourth-order valence-corrected chi connectivity index (χ4v) is 1.89. The number of carbonyl (C=O) groups is 2. The number of phosphoric acid groups is 1. The van der Waals surface area contributed by atoms with Crippen LogP contribution in [0.3, 0.4) is 0 Å². The van der Waals surface area contributed by atoms with Gasteiger partial charge in [0.25, 0.3) is 7.82 Å². The van der Waals surface area contributed by atoms with Gasteiger partial charge in [0.15, 0.2) is 0 Å². The second-order valence-electron chi connectivity index (χ2n) is 5.82. The van der Waals surface area contributed by atoms with Crippen LogP contribution in [0.4, 0.5) is 0 Å². The number of quaternary nitrogens is 1. The molecule has 11 heteroatoms. The number of nitrogens with zero attached hydrogens (tertiary/aromatic N) is 1. The van der Waals surface area contributed by atoms with Gasteiger partial charge in [-0.15, -0.1) is 0 Å². The number of ether oxygens (including phenoxy) is 1. The van der Waals surface area contributed by atoms with E-state index >= 15 is 0 Å². The van der Waals surface area contributed by atoms with Crippen LogP contribution in [0.5, 0.6) is 0 Å². The van der Waals surface area contributed by atoms with E-state index in [9.17, 15) is 24.2 Å². The molecule has 0 aliphatic heterocycles. The minimum absolute atomic E-state index is 0.0649. The molecule has 0 heterocycles. The Morgan fingerprint density at radius 1 is 1.17 bits per heavy atom. The number of aliphatic carboxylic acids is 1. The van der Waals surface area contributed by atoms with E-state index < -0.39 is 39.1 Å². The van der Waals surface area contributed by atoms with Crippen molar-refractivity contribution >= 4 is 19.8 Å². The first-order valence-corrected chi connectivity index (χ1v) is 8.33. The van der Waals surface area contributed by atoms with Crippen LogP contribution in [-0.2, 0) is 27.9 Å². The van der Waals surface area contributed by atoms with Gasteiger partial charge in [-0.05, 0) is 0 Å². The summed E-state index contributed by atoms with van der Waals surface area (Å²) in [5.41, 5.74) is 0. The zero-order chi connectivity index (χ0) is 18.1. The lowest BCUT2D eigenvalue weighted by Crippen LogP contribution is -2.37. The van der Waals surface area contributed by atoms with Crippen LogP contribution < -0.4 is 4.89 Å². The van der Waals surface area contributed by atoms with Crippen molar-refractivity contribution in [3.8, 4) is 0 Å². The second-order valence-corrected chi connectivity index (χ2v) is 7.23. The van der Waals surface area contributed by atoms with Crippen molar-refractivity contribution in [2.75, 3.05) is 47.5 Å². The van der Waals surface area contributed by atoms with Gasteiger partial charge in [-0.3, -0.25) is 14.2 Å². The standard InChI is InChI=1S/C12H24NO9P/c1-13(2,3)6-7-21-23(18,19)22-9-10(14)8-20-12(17)5-4-11(15)16/h10,14H,4-9H2,1-3H3,(H-,15,16,18,19). The Kier molecular flexibility index (Phi) is 9.52. The predicted molar refractivity (Wildman–Crippen MR) is 76.2 cm³/mol. The summed E-state index contributed by atoms with van der Waals surface area (Å²) in [5.74, 6) is -1.96. The Labute approximate surface area is 134 Å². The number of rotatable bonds is 12. The molecule has 2 unspecified atom stereocenters. The highest BCUT2D eigenvalue weighted by molar-refractivity contribution is 7.45. The smallest absolute Gasteiger partial charge is 0.306 e. The second kappa shape index (κ2) is 9.96. The zero-order valence-electron chi connectivity index (χ0n) is 13.5. The fraction of sp³-hybridized carbons (Fsp3) is 0.833. The summed E-state index contributed by atoms with van der Waals surface area (Å²) in [6.07, 6.45) is -2.09. The van der Waals surface area contributed by atoms with E-state index in [4.69, 9.17) is 5.11 Å². The van der Waals surface area contributed by atoms with Gasteiger partial charge in [0.2, 0.25) is 0 Å². The Balaban J connectivity index is 3.93. The maximum Gasteiger partial charge on any atom is 0.306 e. The van der Waals surface area contributed by atoms with Crippen LogP contribution >= 0.6 is 7.82 Å². The Morgan fingerprint density at radius 3 is 2.30 bits per heavy atom. The summed E-state index contributed by atoms with van der Waals surface area (Å²) >= 11 is 0. The van der Waals surface area contributed by atoms with Crippen LogP contribution in [0.2, 0.25) is 0 Å². The number of aliphatic hydroxyl groups excluding tert-OH is 1. The highest BCUT2D eigenvalue weighted by Crippen LogP contribution is 2.38. The molecular weight excluding hydrogens is 333 g/mol. The molecule has 0 aliphatic carbocycles. The predicted octanol–water partition coefficient (Wildman–Crippen LogP) is -1.04. The first-order valence-electron chi connectivity index (χ1n) is 6.87. The molecule has 0 saturated carbocycles. The van der Waals surface area contributed by atoms with Gasteiger partial charge in [-0.2, -0.15) is 0 Å². The third-order valence-electron chi connectivity index (χ3n) is 2.42. The molecule has 0 radical (unpaired) electrons. The average Bonchev–Trinajstić information content (AvgIpc) is 2.39.